The van der Waals surface area contributed by atoms with E-state index >= 15 is 0 Å². The van der Waals surface area contributed by atoms with Gasteiger partial charge in [-0.25, -0.2) is 0 Å². The second-order valence-electron chi connectivity index (χ2n) is 9.83. The summed E-state index contributed by atoms with van der Waals surface area (Å²) in [4.78, 5) is 28.1. The number of carbonyl (C=O) groups excluding carboxylic acids is 2. The van der Waals surface area contributed by atoms with Crippen LogP contribution in [-0.2, 0) is 22.6 Å². The average Bonchev–Trinajstić information content (AvgIpc) is 2.89. The van der Waals surface area contributed by atoms with Gasteiger partial charge in [-0.3, -0.25) is 9.59 Å². The Kier molecular flexibility index (Phi) is 8.09. The minimum atomic E-state index is -0.597. The Balaban J connectivity index is 1.56. The second kappa shape index (κ2) is 11.4. The molecule has 0 aliphatic carbocycles. The number of benzene rings is 3. The molecule has 2 amide bonds. The molecule has 0 saturated heterocycles. The van der Waals surface area contributed by atoms with Crippen molar-refractivity contribution in [3.8, 4) is 5.75 Å². The van der Waals surface area contributed by atoms with E-state index in [0.29, 0.717) is 25.3 Å². The lowest BCUT2D eigenvalue weighted by atomic mass is 9.87. The average molecular weight is 485 g/mol. The minimum absolute atomic E-state index is 0.0845. The Labute approximate surface area is 214 Å². The molecule has 0 saturated carbocycles. The van der Waals surface area contributed by atoms with E-state index in [2.05, 4.69) is 29.6 Å². The van der Waals surface area contributed by atoms with Crippen molar-refractivity contribution in [1.29, 1.82) is 0 Å². The standard InChI is InChI=1S/C31H36N2O3/c1-5-28(30(34)32-20-23-11-9-10-22(4)18-23)36-26-15-14-24-16-17-33(31(35)21(2)3)29(27(24)19-26)25-12-7-6-8-13-25/h6-15,18-19,21,28-29H,5,16-17,20H2,1-4H3,(H,32,34). The van der Waals surface area contributed by atoms with E-state index in [-0.39, 0.29) is 23.8 Å². The molecule has 2 atom stereocenters. The van der Waals surface area contributed by atoms with E-state index in [0.717, 1.165) is 28.7 Å². The fourth-order valence-corrected chi connectivity index (χ4v) is 4.84. The van der Waals surface area contributed by atoms with Gasteiger partial charge in [0.1, 0.15) is 5.75 Å². The Morgan fingerprint density at radius 2 is 1.81 bits per heavy atom. The predicted molar refractivity (Wildman–Crippen MR) is 143 cm³/mol. The molecule has 3 aromatic carbocycles. The summed E-state index contributed by atoms with van der Waals surface area (Å²) < 4.78 is 6.22. The summed E-state index contributed by atoms with van der Waals surface area (Å²) in [6.45, 7) is 9.03. The Hall–Kier alpha value is -3.60. The number of nitrogens with one attached hydrogen (secondary N) is 1. The Morgan fingerprint density at radius 3 is 2.50 bits per heavy atom. The number of carbonyl (C=O) groups is 2. The van der Waals surface area contributed by atoms with Gasteiger partial charge in [0.25, 0.3) is 5.91 Å². The third kappa shape index (κ3) is 5.78. The molecule has 0 fully saturated rings. The summed E-state index contributed by atoms with van der Waals surface area (Å²) in [6, 6.07) is 24.1. The normalized spacial score (nSPS) is 15.8. The van der Waals surface area contributed by atoms with E-state index in [1.54, 1.807) is 0 Å². The van der Waals surface area contributed by atoms with Crippen LogP contribution < -0.4 is 10.1 Å². The zero-order chi connectivity index (χ0) is 25.7. The number of aryl methyl sites for hydroxylation is 1. The first-order chi connectivity index (χ1) is 17.4. The van der Waals surface area contributed by atoms with Crippen molar-refractivity contribution >= 4 is 11.8 Å². The molecule has 0 aromatic heterocycles. The lowest BCUT2D eigenvalue weighted by Gasteiger charge is -2.39. The van der Waals surface area contributed by atoms with Crippen molar-refractivity contribution in [2.45, 2.75) is 59.2 Å². The van der Waals surface area contributed by atoms with Crippen molar-refractivity contribution in [3.63, 3.8) is 0 Å². The number of ether oxygens (including phenoxy) is 1. The van der Waals surface area contributed by atoms with Gasteiger partial charge in [-0.05, 0) is 54.2 Å². The molecular formula is C31H36N2O3. The van der Waals surface area contributed by atoms with Gasteiger partial charge in [-0.2, -0.15) is 0 Å². The van der Waals surface area contributed by atoms with Crippen molar-refractivity contribution in [2.24, 2.45) is 5.92 Å². The number of fused-ring (bicyclic) bond motifs is 1. The first-order valence-electron chi connectivity index (χ1n) is 12.9. The molecule has 1 N–H and O–H groups in total. The highest BCUT2D eigenvalue weighted by Crippen LogP contribution is 2.38. The molecule has 4 rings (SSSR count). The molecule has 0 radical (unpaired) electrons. The fraction of sp³-hybridized carbons (Fsp3) is 0.355. The first kappa shape index (κ1) is 25.5. The largest absolute Gasteiger partial charge is 0.481 e. The molecule has 188 valence electrons. The van der Waals surface area contributed by atoms with E-state index < -0.39 is 6.10 Å². The van der Waals surface area contributed by atoms with Gasteiger partial charge in [-0.15, -0.1) is 0 Å². The maximum Gasteiger partial charge on any atom is 0.261 e. The molecule has 36 heavy (non-hydrogen) atoms. The van der Waals surface area contributed by atoms with E-state index in [4.69, 9.17) is 4.74 Å². The summed E-state index contributed by atoms with van der Waals surface area (Å²) in [6.07, 6.45) is 0.752. The first-order valence-corrected chi connectivity index (χ1v) is 12.9. The SMILES string of the molecule is CCC(Oc1ccc2c(c1)C(c1ccccc1)N(C(=O)C(C)C)CC2)C(=O)NCc1cccc(C)c1. The molecule has 1 heterocycles. The number of hydrogen-bond donors (Lipinski definition) is 1. The van der Waals surface area contributed by atoms with Crippen LogP contribution in [0.4, 0.5) is 0 Å². The summed E-state index contributed by atoms with van der Waals surface area (Å²) >= 11 is 0. The van der Waals surface area contributed by atoms with Crippen molar-refractivity contribution < 1.29 is 14.3 Å². The number of amides is 2. The van der Waals surface area contributed by atoms with E-state index in [1.165, 1.54) is 5.56 Å². The zero-order valence-electron chi connectivity index (χ0n) is 21.7. The van der Waals surface area contributed by atoms with Crippen LogP contribution >= 0.6 is 0 Å². The maximum absolute atomic E-state index is 13.1. The minimum Gasteiger partial charge on any atom is -0.481 e. The second-order valence-corrected chi connectivity index (χ2v) is 9.83. The van der Waals surface area contributed by atoms with Gasteiger partial charge < -0.3 is 15.0 Å². The van der Waals surface area contributed by atoms with Gasteiger partial charge in [0.05, 0.1) is 6.04 Å². The number of nitrogens with zero attached hydrogens (tertiary/aromatic N) is 1. The molecule has 2 unspecified atom stereocenters. The van der Waals surface area contributed by atoms with Gasteiger partial charge in [0.2, 0.25) is 5.91 Å². The molecule has 5 heteroatoms. The van der Waals surface area contributed by atoms with Crippen LogP contribution in [0.3, 0.4) is 0 Å². The topological polar surface area (TPSA) is 58.6 Å². The van der Waals surface area contributed by atoms with Crippen LogP contribution in [-0.4, -0.2) is 29.4 Å². The Morgan fingerprint density at radius 1 is 1.03 bits per heavy atom. The summed E-state index contributed by atoms with van der Waals surface area (Å²) in [5.41, 5.74) is 5.58. The van der Waals surface area contributed by atoms with Crippen molar-refractivity contribution in [2.75, 3.05) is 6.54 Å². The highest BCUT2D eigenvalue weighted by atomic mass is 16.5. The molecule has 5 nitrogen and oxygen atoms in total. The Bertz CT molecular complexity index is 1210. The zero-order valence-corrected chi connectivity index (χ0v) is 21.7. The van der Waals surface area contributed by atoms with Gasteiger partial charge in [0, 0.05) is 19.0 Å². The smallest absolute Gasteiger partial charge is 0.261 e. The van der Waals surface area contributed by atoms with Crippen LogP contribution in [0.5, 0.6) is 5.75 Å². The molecule has 3 aromatic rings. The van der Waals surface area contributed by atoms with E-state index in [1.807, 2.05) is 81.1 Å². The molecule has 0 spiro atoms. The van der Waals surface area contributed by atoms with Gasteiger partial charge in [0.15, 0.2) is 6.10 Å². The number of rotatable bonds is 8. The highest BCUT2D eigenvalue weighted by Gasteiger charge is 2.33. The third-order valence-electron chi connectivity index (χ3n) is 6.73. The molecular weight excluding hydrogens is 448 g/mol. The molecule has 1 aliphatic heterocycles. The third-order valence-corrected chi connectivity index (χ3v) is 6.73. The van der Waals surface area contributed by atoms with Gasteiger partial charge in [-0.1, -0.05) is 87.0 Å². The van der Waals surface area contributed by atoms with Crippen molar-refractivity contribution in [3.05, 3.63) is 101 Å². The molecule has 1 aliphatic rings. The quantitative estimate of drug-likeness (QED) is 0.453. The summed E-state index contributed by atoms with van der Waals surface area (Å²) in [5.74, 6) is 0.570. The highest BCUT2D eigenvalue weighted by molar-refractivity contribution is 5.81. The lowest BCUT2D eigenvalue weighted by Crippen LogP contribution is -2.42. The lowest BCUT2D eigenvalue weighted by molar-refractivity contribution is -0.136. The fourth-order valence-electron chi connectivity index (χ4n) is 4.84. The van der Waals surface area contributed by atoms with Gasteiger partial charge >= 0.3 is 0 Å². The van der Waals surface area contributed by atoms with Crippen LogP contribution in [0.2, 0.25) is 0 Å². The maximum atomic E-state index is 13.1. The summed E-state index contributed by atoms with van der Waals surface area (Å²) in [7, 11) is 0. The van der Waals surface area contributed by atoms with Crippen LogP contribution in [0, 0.1) is 12.8 Å². The van der Waals surface area contributed by atoms with Crippen LogP contribution in [0.1, 0.15) is 61.1 Å². The van der Waals surface area contributed by atoms with Crippen molar-refractivity contribution in [1.82, 2.24) is 10.2 Å². The van der Waals surface area contributed by atoms with Crippen LogP contribution in [0.25, 0.3) is 0 Å². The predicted octanol–water partition coefficient (Wildman–Crippen LogP) is 5.60. The number of hydrogen-bond acceptors (Lipinski definition) is 3. The van der Waals surface area contributed by atoms with E-state index in [9.17, 15) is 9.59 Å². The van der Waals surface area contributed by atoms with Crippen LogP contribution in [0.15, 0.2) is 72.8 Å². The summed E-state index contributed by atoms with van der Waals surface area (Å²) in [5, 5.41) is 3.01. The monoisotopic (exact) mass is 484 g/mol. The molecule has 0 bridgehead atoms.